The van der Waals surface area contributed by atoms with Gasteiger partial charge in [0, 0.05) is 18.4 Å². The number of carbonyl (C=O) groups excluding carboxylic acids is 1. The van der Waals surface area contributed by atoms with Crippen molar-refractivity contribution in [2.45, 2.75) is 52.9 Å². The summed E-state index contributed by atoms with van der Waals surface area (Å²) in [5, 5.41) is 0. The Labute approximate surface area is 117 Å². The van der Waals surface area contributed by atoms with Crippen LogP contribution in [0.2, 0.25) is 0 Å². The van der Waals surface area contributed by atoms with Crippen molar-refractivity contribution in [3.8, 4) is 0 Å². The maximum Gasteiger partial charge on any atom is 0.144 e. The summed E-state index contributed by atoms with van der Waals surface area (Å²) >= 11 is 0. The first-order chi connectivity index (χ1) is 8.73. The van der Waals surface area contributed by atoms with Gasteiger partial charge in [0.2, 0.25) is 0 Å². The van der Waals surface area contributed by atoms with Gasteiger partial charge in [0.25, 0.3) is 0 Å². The van der Waals surface area contributed by atoms with Gasteiger partial charge in [0.05, 0.1) is 0 Å². The van der Waals surface area contributed by atoms with Crippen LogP contribution in [0, 0.1) is 5.41 Å². The number of nitrogens with two attached hydrogens (primary N) is 1. The fraction of sp³-hybridized carbons (Fsp3) is 0.588. The largest absolute Gasteiger partial charge is 0.329 e. The molecule has 1 aromatic rings. The number of hydrogen-bond acceptors (Lipinski definition) is 2. The van der Waals surface area contributed by atoms with Gasteiger partial charge in [0.1, 0.15) is 5.78 Å². The molecule has 0 aromatic heterocycles. The van der Waals surface area contributed by atoms with Gasteiger partial charge < -0.3 is 5.73 Å². The third-order valence-corrected chi connectivity index (χ3v) is 4.09. The van der Waals surface area contributed by atoms with Gasteiger partial charge in [-0.15, -0.1) is 0 Å². The van der Waals surface area contributed by atoms with Crippen LogP contribution in [0.25, 0.3) is 0 Å². The maximum atomic E-state index is 12.3. The third kappa shape index (κ3) is 3.90. The van der Waals surface area contributed by atoms with Crippen molar-refractivity contribution in [3.63, 3.8) is 0 Å². The molecule has 0 spiro atoms. The fourth-order valence-corrected chi connectivity index (χ4v) is 1.98. The lowest BCUT2D eigenvalue weighted by atomic mass is 9.80. The lowest BCUT2D eigenvalue weighted by Gasteiger charge is -2.25. The Balaban J connectivity index is 2.82. The molecule has 0 heterocycles. The average Bonchev–Trinajstić information content (AvgIpc) is 2.37. The highest BCUT2D eigenvalue weighted by molar-refractivity contribution is 5.86. The van der Waals surface area contributed by atoms with Crippen LogP contribution < -0.4 is 5.73 Å². The van der Waals surface area contributed by atoms with Gasteiger partial charge in [-0.3, -0.25) is 4.79 Å². The van der Waals surface area contributed by atoms with Crippen molar-refractivity contribution in [3.05, 3.63) is 35.4 Å². The predicted molar refractivity (Wildman–Crippen MR) is 81.3 cm³/mol. The van der Waals surface area contributed by atoms with Crippen molar-refractivity contribution < 1.29 is 4.79 Å². The van der Waals surface area contributed by atoms with Crippen molar-refractivity contribution in [2.75, 3.05) is 6.54 Å². The minimum atomic E-state index is -0.386. The van der Waals surface area contributed by atoms with Crippen LogP contribution in [0.1, 0.15) is 52.2 Å². The molecule has 0 aliphatic heterocycles. The summed E-state index contributed by atoms with van der Waals surface area (Å²) in [7, 11) is 0. The standard InChI is InChI=1S/C17H27NO/c1-6-17(5,12-18)15(19)11-13-7-9-14(10-8-13)16(2,3)4/h7-10H,6,11-12,18H2,1-5H3. The smallest absolute Gasteiger partial charge is 0.144 e. The number of Topliss-reactive ketones (excluding diaryl/α,β-unsaturated/α-hetero) is 1. The normalized spacial score (nSPS) is 15.1. The first-order valence-electron chi connectivity index (χ1n) is 7.06. The van der Waals surface area contributed by atoms with E-state index in [-0.39, 0.29) is 16.6 Å². The molecule has 0 fully saturated rings. The molecule has 0 amide bonds. The quantitative estimate of drug-likeness (QED) is 0.882. The highest BCUT2D eigenvalue weighted by Gasteiger charge is 2.29. The molecule has 0 aliphatic rings. The molecule has 0 radical (unpaired) electrons. The molecule has 19 heavy (non-hydrogen) atoms. The topological polar surface area (TPSA) is 43.1 Å². The van der Waals surface area contributed by atoms with E-state index in [2.05, 4.69) is 45.0 Å². The van der Waals surface area contributed by atoms with E-state index in [4.69, 9.17) is 5.73 Å². The van der Waals surface area contributed by atoms with E-state index >= 15 is 0 Å². The molecule has 106 valence electrons. The Hall–Kier alpha value is -1.15. The summed E-state index contributed by atoms with van der Waals surface area (Å²) in [5.74, 6) is 0.237. The van der Waals surface area contributed by atoms with Crippen LogP contribution in [0.4, 0.5) is 0 Å². The fourth-order valence-electron chi connectivity index (χ4n) is 1.98. The third-order valence-electron chi connectivity index (χ3n) is 4.09. The van der Waals surface area contributed by atoms with Crippen LogP contribution in [0.5, 0.6) is 0 Å². The van der Waals surface area contributed by atoms with E-state index < -0.39 is 0 Å². The zero-order valence-corrected chi connectivity index (χ0v) is 12.9. The minimum Gasteiger partial charge on any atom is -0.329 e. The van der Waals surface area contributed by atoms with E-state index in [0.717, 1.165) is 12.0 Å². The van der Waals surface area contributed by atoms with Crippen molar-refractivity contribution in [1.82, 2.24) is 0 Å². The van der Waals surface area contributed by atoms with Gasteiger partial charge in [-0.1, -0.05) is 58.9 Å². The van der Waals surface area contributed by atoms with Crippen LogP contribution in [0.3, 0.4) is 0 Å². The molecule has 2 N–H and O–H groups in total. The van der Waals surface area contributed by atoms with Crippen LogP contribution in [-0.4, -0.2) is 12.3 Å². The Kier molecular flexibility index (Phi) is 4.92. The van der Waals surface area contributed by atoms with Gasteiger partial charge >= 0.3 is 0 Å². The number of carbonyl (C=O) groups is 1. The Morgan fingerprint density at radius 3 is 2.00 bits per heavy atom. The molecule has 2 heteroatoms. The van der Waals surface area contributed by atoms with Crippen LogP contribution >= 0.6 is 0 Å². The zero-order chi connectivity index (χ0) is 14.7. The SMILES string of the molecule is CCC(C)(CN)C(=O)Cc1ccc(C(C)(C)C)cc1. The predicted octanol–water partition coefficient (Wildman–Crippen LogP) is 3.47. The summed E-state index contributed by atoms with van der Waals surface area (Å²) in [6.45, 7) is 11.0. The summed E-state index contributed by atoms with van der Waals surface area (Å²) in [6, 6.07) is 8.36. The Morgan fingerprint density at radius 2 is 1.63 bits per heavy atom. The number of benzene rings is 1. The van der Waals surface area contributed by atoms with Crippen LogP contribution in [0.15, 0.2) is 24.3 Å². The van der Waals surface area contributed by atoms with Gasteiger partial charge in [-0.25, -0.2) is 0 Å². The Morgan fingerprint density at radius 1 is 1.11 bits per heavy atom. The molecule has 0 saturated heterocycles. The second-order valence-corrected chi connectivity index (χ2v) is 6.67. The van der Waals surface area contributed by atoms with E-state index in [1.807, 2.05) is 13.8 Å². The molecule has 1 atom stereocenters. The van der Waals surface area contributed by atoms with Crippen LogP contribution in [-0.2, 0) is 16.6 Å². The van der Waals surface area contributed by atoms with Gasteiger partial charge in [-0.2, -0.15) is 0 Å². The molecule has 0 aliphatic carbocycles. The maximum absolute atomic E-state index is 12.3. The Bertz CT molecular complexity index is 422. The van der Waals surface area contributed by atoms with Crippen molar-refractivity contribution in [2.24, 2.45) is 11.1 Å². The molecule has 2 nitrogen and oxygen atoms in total. The summed E-state index contributed by atoms with van der Waals surface area (Å²) in [6.07, 6.45) is 1.27. The van der Waals surface area contributed by atoms with Gasteiger partial charge in [0.15, 0.2) is 0 Å². The second kappa shape index (κ2) is 5.87. The van der Waals surface area contributed by atoms with E-state index in [1.165, 1.54) is 5.56 Å². The number of ketones is 1. The molecular weight excluding hydrogens is 234 g/mol. The molecule has 0 bridgehead atoms. The molecule has 1 unspecified atom stereocenters. The van der Waals surface area contributed by atoms with E-state index in [1.54, 1.807) is 0 Å². The van der Waals surface area contributed by atoms with Crippen molar-refractivity contribution in [1.29, 1.82) is 0 Å². The first-order valence-corrected chi connectivity index (χ1v) is 7.06. The molecular formula is C17H27NO. The van der Waals surface area contributed by atoms with E-state index in [9.17, 15) is 4.79 Å². The minimum absolute atomic E-state index is 0.151. The molecule has 1 aromatic carbocycles. The van der Waals surface area contributed by atoms with Crippen molar-refractivity contribution >= 4 is 5.78 Å². The summed E-state index contributed by atoms with van der Waals surface area (Å²) in [5.41, 5.74) is 7.86. The lowest BCUT2D eigenvalue weighted by Crippen LogP contribution is -2.36. The first kappa shape index (κ1) is 15.9. The lowest BCUT2D eigenvalue weighted by molar-refractivity contribution is -0.126. The van der Waals surface area contributed by atoms with Gasteiger partial charge in [-0.05, 0) is 23.0 Å². The average molecular weight is 261 g/mol. The summed E-state index contributed by atoms with van der Waals surface area (Å²) < 4.78 is 0. The second-order valence-electron chi connectivity index (χ2n) is 6.67. The summed E-state index contributed by atoms with van der Waals surface area (Å²) in [4.78, 5) is 12.3. The molecule has 0 saturated carbocycles. The highest BCUT2D eigenvalue weighted by atomic mass is 16.1. The number of rotatable bonds is 5. The highest BCUT2D eigenvalue weighted by Crippen LogP contribution is 2.25. The monoisotopic (exact) mass is 261 g/mol. The number of hydrogen-bond donors (Lipinski definition) is 1. The molecule has 1 rings (SSSR count). The zero-order valence-electron chi connectivity index (χ0n) is 12.9. The van der Waals surface area contributed by atoms with E-state index in [0.29, 0.717) is 13.0 Å².